The van der Waals surface area contributed by atoms with Gasteiger partial charge >= 0.3 is 0 Å². The molecule has 0 bridgehead atoms. The Morgan fingerprint density at radius 3 is 2.79 bits per heavy atom. The van der Waals surface area contributed by atoms with E-state index < -0.39 is 5.60 Å². The quantitative estimate of drug-likeness (QED) is 0.649. The van der Waals surface area contributed by atoms with E-state index in [4.69, 9.17) is 0 Å². The number of nitrogens with zero attached hydrogens (tertiary/aromatic N) is 1. The predicted molar refractivity (Wildman–Crippen MR) is 54.4 cm³/mol. The van der Waals surface area contributed by atoms with Crippen molar-refractivity contribution < 1.29 is 5.11 Å². The number of hydrogen-bond acceptors (Lipinski definition) is 4. The van der Waals surface area contributed by atoms with Gasteiger partial charge in [-0.2, -0.15) is 0 Å². The lowest BCUT2D eigenvalue weighted by molar-refractivity contribution is 0.0944. The summed E-state index contributed by atoms with van der Waals surface area (Å²) < 4.78 is 0. The number of aliphatic hydroxyl groups is 1. The van der Waals surface area contributed by atoms with E-state index in [0.717, 1.165) is 0 Å². The minimum Gasteiger partial charge on any atom is -0.389 e. The maximum absolute atomic E-state index is 11.0. The summed E-state index contributed by atoms with van der Waals surface area (Å²) >= 11 is 0. The van der Waals surface area contributed by atoms with Crippen molar-refractivity contribution in [3.8, 4) is 0 Å². The molecule has 0 amide bonds. The fourth-order valence-electron chi connectivity index (χ4n) is 0.977. The van der Waals surface area contributed by atoms with Gasteiger partial charge in [0, 0.05) is 12.6 Å². The van der Waals surface area contributed by atoms with Crippen molar-refractivity contribution in [2.75, 3.05) is 11.9 Å². The number of anilines is 1. The van der Waals surface area contributed by atoms with Crippen LogP contribution < -0.4 is 10.9 Å². The first-order valence-electron chi connectivity index (χ1n) is 4.41. The second kappa shape index (κ2) is 3.79. The normalized spacial score (nSPS) is 11.4. The fraction of sp³-hybridized carbons (Fsp3) is 0.556. The maximum Gasteiger partial charge on any atom is 0.252 e. The zero-order valence-electron chi connectivity index (χ0n) is 8.59. The van der Waals surface area contributed by atoms with Crippen LogP contribution in [0.3, 0.4) is 0 Å². The van der Waals surface area contributed by atoms with Gasteiger partial charge in [-0.25, -0.2) is 4.98 Å². The van der Waals surface area contributed by atoms with Gasteiger partial charge in [0.15, 0.2) is 0 Å². The molecule has 1 aromatic rings. The number of hydrogen-bond donors (Lipinski definition) is 3. The zero-order chi connectivity index (χ0) is 10.8. The molecule has 78 valence electrons. The van der Waals surface area contributed by atoms with Crippen molar-refractivity contribution >= 4 is 5.82 Å². The van der Waals surface area contributed by atoms with Crippen molar-refractivity contribution in [3.63, 3.8) is 0 Å². The summed E-state index contributed by atoms with van der Waals surface area (Å²) in [6.45, 7) is 5.42. The number of rotatable bonds is 3. The SMILES string of the molecule is Cc1nc(NCC(C)(C)O)cc(=O)[nH]1. The summed E-state index contributed by atoms with van der Waals surface area (Å²) in [6, 6.07) is 1.36. The molecule has 0 saturated carbocycles. The standard InChI is InChI=1S/C9H15N3O2/c1-6-11-7(4-8(13)12-6)10-5-9(2,3)14/h4,14H,5H2,1-3H3,(H2,10,11,12,13). The lowest BCUT2D eigenvalue weighted by Crippen LogP contribution is -2.30. The molecule has 3 N–H and O–H groups in total. The predicted octanol–water partition coefficient (Wildman–Crippen LogP) is 0.261. The molecular weight excluding hydrogens is 182 g/mol. The van der Waals surface area contributed by atoms with Crippen LogP contribution in [0.2, 0.25) is 0 Å². The first kappa shape index (κ1) is 10.7. The molecule has 0 unspecified atom stereocenters. The summed E-state index contributed by atoms with van der Waals surface area (Å²) in [5, 5.41) is 12.3. The highest BCUT2D eigenvalue weighted by Crippen LogP contribution is 2.03. The average molecular weight is 197 g/mol. The molecule has 0 fully saturated rings. The van der Waals surface area contributed by atoms with Crippen molar-refractivity contribution in [1.29, 1.82) is 0 Å². The third-order valence-corrected chi connectivity index (χ3v) is 1.56. The Bertz CT molecular complexity index is 365. The summed E-state index contributed by atoms with van der Waals surface area (Å²) in [7, 11) is 0. The molecule has 0 aliphatic carbocycles. The van der Waals surface area contributed by atoms with Gasteiger partial charge in [-0.3, -0.25) is 4.79 Å². The topological polar surface area (TPSA) is 78.0 Å². The van der Waals surface area contributed by atoms with Crippen LogP contribution in [0.15, 0.2) is 10.9 Å². The van der Waals surface area contributed by atoms with E-state index in [1.165, 1.54) is 6.07 Å². The zero-order valence-corrected chi connectivity index (χ0v) is 8.59. The van der Waals surface area contributed by atoms with Crippen LogP contribution in [0.5, 0.6) is 0 Å². The average Bonchev–Trinajstić information content (AvgIpc) is 1.97. The van der Waals surface area contributed by atoms with E-state index in [0.29, 0.717) is 18.2 Å². The Labute approximate surface area is 82.2 Å². The molecule has 1 heterocycles. The summed E-state index contributed by atoms with van der Waals surface area (Å²) in [5.41, 5.74) is -1.02. The van der Waals surface area contributed by atoms with Gasteiger partial charge in [-0.1, -0.05) is 0 Å². The van der Waals surface area contributed by atoms with Crippen molar-refractivity contribution in [1.82, 2.24) is 9.97 Å². The lowest BCUT2D eigenvalue weighted by Gasteiger charge is -2.17. The summed E-state index contributed by atoms with van der Waals surface area (Å²) in [6.07, 6.45) is 0. The second-order valence-electron chi connectivity index (χ2n) is 3.88. The first-order chi connectivity index (χ1) is 6.37. The molecule has 0 aliphatic rings. The Hall–Kier alpha value is -1.36. The van der Waals surface area contributed by atoms with Gasteiger partial charge in [0.05, 0.1) is 5.60 Å². The van der Waals surface area contributed by atoms with Gasteiger partial charge in [-0.15, -0.1) is 0 Å². The first-order valence-corrected chi connectivity index (χ1v) is 4.41. The number of aromatic nitrogens is 2. The number of nitrogens with one attached hydrogen (secondary N) is 2. The minimum atomic E-state index is -0.821. The monoisotopic (exact) mass is 197 g/mol. The molecule has 0 aliphatic heterocycles. The molecule has 5 nitrogen and oxygen atoms in total. The van der Waals surface area contributed by atoms with Crippen LogP contribution in [0.4, 0.5) is 5.82 Å². The number of aryl methyl sites for hydroxylation is 1. The molecular formula is C9H15N3O2. The van der Waals surface area contributed by atoms with E-state index in [9.17, 15) is 9.90 Å². The molecule has 5 heteroatoms. The largest absolute Gasteiger partial charge is 0.389 e. The Kier molecular flexibility index (Phi) is 2.90. The van der Waals surface area contributed by atoms with E-state index >= 15 is 0 Å². The van der Waals surface area contributed by atoms with E-state index in [-0.39, 0.29) is 5.56 Å². The molecule has 14 heavy (non-hydrogen) atoms. The van der Waals surface area contributed by atoms with E-state index in [1.807, 2.05) is 0 Å². The molecule has 0 radical (unpaired) electrons. The van der Waals surface area contributed by atoms with Crippen molar-refractivity contribution in [2.45, 2.75) is 26.4 Å². The van der Waals surface area contributed by atoms with Gasteiger partial charge < -0.3 is 15.4 Å². The number of aromatic amines is 1. The summed E-state index contributed by atoms with van der Waals surface area (Å²) in [4.78, 5) is 17.6. The van der Waals surface area contributed by atoms with Crippen LogP contribution in [0.1, 0.15) is 19.7 Å². The molecule has 0 spiro atoms. The fourth-order valence-corrected chi connectivity index (χ4v) is 0.977. The third kappa shape index (κ3) is 3.57. The van der Waals surface area contributed by atoms with Gasteiger partial charge in [0.1, 0.15) is 11.6 Å². The smallest absolute Gasteiger partial charge is 0.252 e. The van der Waals surface area contributed by atoms with E-state index in [2.05, 4.69) is 15.3 Å². The Balaban J connectivity index is 2.73. The highest BCUT2D eigenvalue weighted by atomic mass is 16.3. The Morgan fingerprint density at radius 1 is 1.64 bits per heavy atom. The van der Waals surface area contributed by atoms with Crippen LogP contribution in [-0.4, -0.2) is 27.2 Å². The van der Waals surface area contributed by atoms with Gasteiger partial charge in [0.25, 0.3) is 5.56 Å². The minimum absolute atomic E-state index is 0.198. The molecule has 0 atom stereocenters. The van der Waals surface area contributed by atoms with Crippen molar-refractivity contribution in [3.05, 3.63) is 22.2 Å². The lowest BCUT2D eigenvalue weighted by atomic mass is 10.1. The Morgan fingerprint density at radius 2 is 2.29 bits per heavy atom. The van der Waals surface area contributed by atoms with Crippen LogP contribution in [0, 0.1) is 6.92 Å². The van der Waals surface area contributed by atoms with Crippen molar-refractivity contribution in [2.24, 2.45) is 0 Å². The highest BCUT2D eigenvalue weighted by molar-refractivity contribution is 5.33. The molecule has 1 aromatic heterocycles. The van der Waals surface area contributed by atoms with Crippen LogP contribution in [-0.2, 0) is 0 Å². The summed E-state index contributed by atoms with van der Waals surface area (Å²) in [5.74, 6) is 1.03. The van der Waals surface area contributed by atoms with Gasteiger partial charge in [-0.05, 0) is 20.8 Å². The highest BCUT2D eigenvalue weighted by Gasteiger charge is 2.11. The van der Waals surface area contributed by atoms with Crippen LogP contribution >= 0.6 is 0 Å². The molecule has 0 aromatic carbocycles. The third-order valence-electron chi connectivity index (χ3n) is 1.56. The molecule has 0 saturated heterocycles. The molecule has 1 rings (SSSR count). The maximum atomic E-state index is 11.0. The van der Waals surface area contributed by atoms with Gasteiger partial charge in [0.2, 0.25) is 0 Å². The van der Waals surface area contributed by atoms with E-state index in [1.54, 1.807) is 20.8 Å². The number of H-pyrrole nitrogens is 1. The second-order valence-corrected chi connectivity index (χ2v) is 3.88. The van der Waals surface area contributed by atoms with Crippen LogP contribution in [0.25, 0.3) is 0 Å².